The highest BCUT2D eigenvalue weighted by Gasteiger charge is 2.39. The molecule has 2 atom stereocenters. The van der Waals surface area contributed by atoms with E-state index in [4.69, 9.17) is 0 Å². The van der Waals surface area contributed by atoms with E-state index in [1.54, 1.807) is 17.0 Å². The summed E-state index contributed by atoms with van der Waals surface area (Å²) in [5.74, 6) is -0.257. The minimum atomic E-state index is -0.316. The highest BCUT2D eigenvalue weighted by Crippen LogP contribution is 2.32. The molecule has 2 fully saturated rings. The summed E-state index contributed by atoms with van der Waals surface area (Å²) in [6.45, 7) is 4.51. The van der Waals surface area contributed by atoms with Gasteiger partial charge in [0.1, 0.15) is 5.82 Å². The third-order valence-corrected chi connectivity index (χ3v) is 5.16. The van der Waals surface area contributed by atoms with Crippen molar-refractivity contribution in [3.05, 3.63) is 30.1 Å². The maximum absolute atomic E-state index is 13.5. The Labute approximate surface area is 136 Å². The van der Waals surface area contributed by atoms with Crippen LogP contribution in [0, 0.1) is 11.2 Å². The van der Waals surface area contributed by atoms with Gasteiger partial charge in [-0.25, -0.2) is 4.39 Å². The monoisotopic (exact) mass is 320 g/mol. The minimum absolute atomic E-state index is 0.0593. The van der Waals surface area contributed by atoms with E-state index in [0.29, 0.717) is 12.2 Å². The number of hydrogen-bond acceptors (Lipinski definition) is 3. The molecule has 2 aliphatic heterocycles. The van der Waals surface area contributed by atoms with Crippen LogP contribution in [0.2, 0.25) is 0 Å². The zero-order valence-electron chi connectivity index (χ0n) is 13.7. The molecule has 2 heterocycles. The molecular formula is C18H25FN2O2. The van der Waals surface area contributed by atoms with Crippen molar-refractivity contribution in [2.75, 3.05) is 31.1 Å². The lowest BCUT2D eigenvalue weighted by Gasteiger charge is -2.45. The molecule has 1 aromatic carbocycles. The summed E-state index contributed by atoms with van der Waals surface area (Å²) in [7, 11) is 0. The molecule has 2 aliphatic rings. The number of nitrogens with zero attached hydrogens (tertiary/aromatic N) is 2. The molecule has 0 bridgehead atoms. The quantitative estimate of drug-likeness (QED) is 0.930. The Morgan fingerprint density at radius 1 is 1.35 bits per heavy atom. The number of carbonyl (C=O) groups is 1. The van der Waals surface area contributed by atoms with E-state index in [1.807, 2.05) is 0 Å². The summed E-state index contributed by atoms with van der Waals surface area (Å²) in [5.41, 5.74) is 0.515. The molecule has 5 heteroatoms. The number of carbonyl (C=O) groups excluding carboxylic acids is 1. The van der Waals surface area contributed by atoms with Crippen molar-refractivity contribution in [2.45, 2.75) is 38.6 Å². The van der Waals surface area contributed by atoms with Crippen LogP contribution in [0.4, 0.5) is 10.1 Å². The van der Waals surface area contributed by atoms with Gasteiger partial charge >= 0.3 is 0 Å². The van der Waals surface area contributed by atoms with E-state index in [-0.39, 0.29) is 29.8 Å². The Morgan fingerprint density at radius 2 is 2.17 bits per heavy atom. The first-order valence-electron chi connectivity index (χ1n) is 8.44. The zero-order valence-corrected chi connectivity index (χ0v) is 13.7. The standard InChI is InChI=1S/C18H25FN2O2/c1-18(13-22)8-4-9-20(12-18)16-7-3-10-21(17(16)23)15-6-2-5-14(19)11-15/h2,5-6,11,16,22H,3-4,7-10,12-13H2,1H3. The summed E-state index contributed by atoms with van der Waals surface area (Å²) in [6.07, 6.45) is 3.75. The lowest BCUT2D eigenvalue weighted by molar-refractivity contribution is -0.127. The second-order valence-electron chi connectivity index (χ2n) is 7.17. The number of hydrogen-bond donors (Lipinski definition) is 1. The first-order chi connectivity index (χ1) is 11.0. The van der Waals surface area contributed by atoms with E-state index >= 15 is 0 Å². The highest BCUT2D eigenvalue weighted by molar-refractivity contribution is 5.97. The lowest BCUT2D eigenvalue weighted by atomic mass is 9.81. The van der Waals surface area contributed by atoms with Crippen LogP contribution >= 0.6 is 0 Å². The van der Waals surface area contributed by atoms with Crippen LogP contribution in [0.1, 0.15) is 32.6 Å². The Bertz CT molecular complexity index is 580. The molecule has 2 unspecified atom stereocenters. The average molecular weight is 320 g/mol. The van der Waals surface area contributed by atoms with Gasteiger partial charge in [0.2, 0.25) is 5.91 Å². The number of rotatable bonds is 3. The Morgan fingerprint density at radius 3 is 2.91 bits per heavy atom. The molecule has 1 aromatic rings. The van der Waals surface area contributed by atoms with Crippen LogP contribution in [0.25, 0.3) is 0 Å². The third kappa shape index (κ3) is 3.40. The Balaban J connectivity index is 1.77. The van der Waals surface area contributed by atoms with Gasteiger partial charge in [-0.3, -0.25) is 9.69 Å². The van der Waals surface area contributed by atoms with E-state index in [2.05, 4.69) is 11.8 Å². The number of likely N-dealkylation sites (tertiary alicyclic amines) is 1. The van der Waals surface area contributed by atoms with Crippen LogP contribution in [0.5, 0.6) is 0 Å². The van der Waals surface area contributed by atoms with Crippen LogP contribution in [0.15, 0.2) is 24.3 Å². The number of benzene rings is 1. The van der Waals surface area contributed by atoms with Crippen molar-refractivity contribution >= 4 is 11.6 Å². The van der Waals surface area contributed by atoms with Gasteiger partial charge in [-0.05, 0) is 50.4 Å². The fourth-order valence-corrected chi connectivity index (χ4v) is 3.85. The van der Waals surface area contributed by atoms with Gasteiger partial charge in [0.25, 0.3) is 0 Å². The lowest BCUT2D eigenvalue weighted by Crippen LogP contribution is -2.57. The molecule has 126 valence electrons. The predicted octanol–water partition coefficient (Wildman–Crippen LogP) is 2.42. The molecule has 3 rings (SSSR count). The first-order valence-corrected chi connectivity index (χ1v) is 8.44. The van der Waals surface area contributed by atoms with Crippen LogP contribution in [0.3, 0.4) is 0 Å². The number of aliphatic hydroxyl groups excluding tert-OH is 1. The average Bonchev–Trinajstić information content (AvgIpc) is 2.55. The maximum Gasteiger partial charge on any atom is 0.244 e. The normalized spacial score (nSPS) is 29.8. The molecule has 0 spiro atoms. The fourth-order valence-electron chi connectivity index (χ4n) is 3.85. The molecule has 4 nitrogen and oxygen atoms in total. The van der Waals surface area contributed by atoms with E-state index < -0.39 is 0 Å². The SMILES string of the molecule is CC1(CO)CCCN(C2CCCN(c3cccc(F)c3)C2=O)C1. The smallest absolute Gasteiger partial charge is 0.244 e. The number of anilines is 1. The van der Waals surface area contributed by atoms with Crippen LogP contribution in [-0.4, -0.2) is 48.2 Å². The molecule has 1 amide bonds. The molecule has 0 radical (unpaired) electrons. The molecular weight excluding hydrogens is 295 g/mol. The van der Waals surface area contributed by atoms with Gasteiger partial charge in [0.15, 0.2) is 0 Å². The largest absolute Gasteiger partial charge is 0.396 e. The minimum Gasteiger partial charge on any atom is -0.396 e. The second-order valence-corrected chi connectivity index (χ2v) is 7.17. The Kier molecular flexibility index (Phi) is 4.69. The van der Waals surface area contributed by atoms with Gasteiger partial charge < -0.3 is 10.0 Å². The Hall–Kier alpha value is -1.46. The predicted molar refractivity (Wildman–Crippen MR) is 87.8 cm³/mol. The number of amides is 1. The van der Waals surface area contributed by atoms with E-state index in [0.717, 1.165) is 38.8 Å². The molecule has 23 heavy (non-hydrogen) atoms. The van der Waals surface area contributed by atoms with Crippen LogP contribution in [-0.2, 0) is 4.79 Å². The number of halogens is 1. The van der Waals surface area contributed by atoms with Crippen molar-refractivity contribution in [2.24, 2.45) is 5.41 Å². The second kappa shape index (κ2) is 6.57. The van der Waals surface area contributed by atoms with Gasteiger partial charge in [0, 0.05) is 30.8 Å². The summed E-state index contributed by atoms with van der Waals surface area (Å²) < 4.78 is 13.5. The van der Waals surface area contributed by atoms with Gasteiger partial charge in [-0.15, -0.1) is 0 Å². The fraction of sp³-hybridized carbons (Fsp3) is 0.611. The molecule has 0 aromatic heterocycles. The van der Waals surface area contributed by atoms with Crippen molar-refractivity contribution in [1.29, 1.82) is 0 Å². The van der Waals surface area contributed by atoms with Crippen molar-refractivity contribution in [1.82, 2.24) is 4.90 Å². The molecule has 1 N–H and O–H groups in total. The first kappa shape index (κ1) is 16.4. The summed E-state index contributed by atoms with van der Waals surface area (Å²) in [6, 6.07) is 6.10. The molecule has 0 saturated carbocycles. The van der Waals surface area contributed by atoms with E-state index in [1.165, 1.54) is 12.1 Å². The van der Waals surface area contributed by atoms with Crippen molar-refractivity contribution in [3.8, 4) is 0 Å². The van der Waals surface area contributed by atoms with Gasteiger partial charge in [-0.2, -0.15) is 0 Å². The summed E-state index contributed by atoms with van der Waals surface area (Å²) in [5, 5.41) is 9.63. The molecule has 2 saturated heterocycles. The number of piperidine rings is 2. The van der Waals surface area contributed by atoms with E-state index in [9.17, 15) is 14.3 Å². The summed E-state index contributed by atoms with van der Waals surface area (Å²) >= 11 is 0. The van der Waals surface area contributed by atoms with Crippen LogP contribution < -0.4 is 4.90 Å². The van der Waals surface area contributed by atoms with Crippen molar-refractivity contribution < 1.29 is 14.3 Å². The van der Waals surface area contributed by atoms with Gasteiger partial charge in [0.05, 0.1) is 6.04 Å². The highest BCUT2D eigenvalue weighted by atomic mass is 19.1. The third-order valence-electron chi connectivity index (χ3n) is 5.16. The topological polar surface area (TPSA) is 43.8 Å². The maximum atomic E-state index is 13.5. The zero-order chi connectivity index (χ0) is 16.4. The van der Waals surface area contributed by atoms with Crippen molar-refractivity contribution in [3.63, 3.8) is 0 Å². The van der Waals surface area contributed by atoms with Gasteiger partial charge in [-0.1, -0.05) is 13.0 Å². The summed E-state index contributed by atoms with van der Waals surface area (Å²) in [4.78, 5) is 16.9. The molecule has 0 aliphatic carbocycles. The number of aliphatic hydroxyl groups is 1.